The summed E-state index contributed by atoms with van der Waals surface area (Å²) in [5.41, 5.74) is 1.22. The molecule has 5 heteroatoms. The Kier molecular flexibility index (Phi) is 16.4. The Hall–Kier alpha value is -1.93. The number of nitrogens with zero attached hydrogens (tertiary/aromatic N) is 2. The van der Waals surface area contributed by atoms with Crippen LogP contribution in [0.5, 0.6) is 0 Å². The van der Waals surface area contributed by atoms with Crippen molar-refractivity contribution in [1.82, 2.24) is 10.2 Å². The largest absolute Gasteiger partial charge is 0.348 e. The third-order valence-electron chi connectivity index (χ3n) is 5.55. The molecule has 0 atom stereocenters. The summed E-state index contributed by atoms with van der Waals surface area (Å²) in [6, 6.07) is 12.4. The Bertz CT molecular complexity index is 642. The van der Waals surface area contributed by atoms with Gasteiger partial charge in [0.25, 0.3) is 0 Å². The lowest BCUT2D eigenvalue weighted by molar-refractivity contribution is -0.119. The third kappa shape index (κ3) is 14.7. The van der Waals surface area contributed by atoms with Gasteiger partial charge in [-0.05, 0) is 30.6 Å². The van der Waals surface area contributed by atoms with Gasteiger partial charge in [-0.25, -0.2) is 0 Å². The molecule has 1 amide bonds. The fraction of sp³-hybridized carbons (Fsp3) is 0.654. The molecule has 0 aliphatic heterocycles. The minimum atomic E-state index is -0.0115. The lowest BCUT2D eigenvalue weighted by Crippen LogP contribution is -2.44. The lowest BCUT2D eigenvalue weighted by Gasteiger charge is -2.24. The van der Waals surface area contributed by atoms with Gasteiger partial charge in [0.1, 0.15) is 0 Å². The number of amides is 1. The topological polar surface area (TPSA) is 56.1 Å². The second kappa shape index (κ2) is 18.8. The highest BCUT2D eigenvalue weighted by Crippen LogP contribution is 2.12. The Morgan fingerprint density at radius 3 is 2.10 bits per heavy atom. The van der Waals surface area contributed by atoms with Crippen molar-refractivity contribution < 1.29 is 4.79 Å². The van der Waals surface area contributed by atoms with E-state index in [1.54, 1.807) is 0 Å². The maximum Gasteiger partial charge on any atom is 0.226 e. The number of unbranched alkanes of at least 4 members (excludes halogenated alkanes) is 10. The number of thiocarbonyl (C=S) groups is 1. The summed E-state index contributed by atoms with van der Waals surface area (Å²) in [5.74, 6) is -0.0115. The van der Waals surface area contributed by atoms with Gasteiger partial charge in [0.2, 0.25) is 5.91 Å². The molecule has 0 spiro atoms. The zero-order valence-electron chi connectivity index (χ0n) is 19.4. The monoisotopic (exact) mass is 443 g/mol. The molecule has 0 unspecified atom stereocenters. The molecule has 1 aromatic rings. The van der Waals surface area contributed by atoms with Crippen molar-refractivity contribution in [1.29, 1.82) is 5.26 Å². The molecule has 0 bridgehead atoms. The van der Waals surface area contributed by atoms with Crippen molar-refractivity contribution in [3.63, 3.8) is 0 Å². The Balaban J connectivity index is 2.16. The molecule has 31 heavy (non-hydrogen) atoms. The first-order valence-corrected chi connectivity index (χ1v) is 12.6. The summed E-state index contributed by atoms with van der Waals surface area (Å²) in [5, 5.41) is 12.2. The number of nitriles is 1. The number of hydrogen-bond donors (Lipinski definition) is 1. The fourth-order valence-corrected chi connectivity index (χ4v) is 3.92. The number of rotatable bonds is 17. The minimum absolute atomic E-state index is 0.0115. The molecule has 0 aliphatic rings. The van der Waals surface area contributed by atoms with Gasteiger partial charge in [0.05, 0.1) is 12.5 Å². The summed E-state index contributed by atoms with van der Waals surface area (Å²) in [7, 11) is 0. The molecule has 0 aliphatic carbocycles. The van der Waals surface area contributed by atoms with Crippen molar-refractivity contribution in [2.24, 2.45) is 0 Å². The molecule has 1 rings (SSSR count). The fourth-order valence-electron chi connectivity index (χ4n) is 3.62. The van der Waals surface area contributed by atoms with E-state index >= 15 is 0 Å². The van der Waals surface area contributed by atoms with Crippen molar-refractivity contribution in [2.45, 2.75) is 96.8 Å². The van der Waals surface area contributed by atoms with Crippen molar-refractivity contribution in [2.75, 3.05) is 13.1 Å². The van der Waals surface area contributed by atoms with Gasteiger partial charge >= 0.3 is 0 Å². The highest BCUT2D eigenvalue weighted by Gasteiger charge is 2.12. The number of carbonyl (C=O) groups excluding carboxylic acids is 1. The van der Waals surface area contributed by atoms with E-state index in [2.05, 4.69) is 30.4 Å². The molecule has 0 radical (unpaired) electrons. The van der Waals surface area contributed by atoms with Crippen LogP contribution in [0, 0.1) is 11.3 Å². The Morgan fingerprint density at radius 2 is 1.52 bits per heavy atom. The summed E-state index contributed by atoms with van der Waals surface area (Å²) in [6.45, 7) is 3.49. The van der Waals surface area contributed by atoms with E-state index in [1.165, 1.54) is 63.4 Å². The molecule has 1 N–H and O–H groups in total. The second-order valence-electron chi connectivity index (χ2n) is 8.27. The van der Waals surface area contributed by atoms with Crippen LogP contribution < -0.4 is 5.32 Å². The summed E-state index contributed by atoms with van der Waals surface area (Å²) in [6.07, 6.45) is 15.7. The van der Waals surface area contributed by atoms with Crippen LogP contribution in [0.4, 0.5) is 0 Å². The number of hydrogen-bond acceptors (Lipinski definition) is 3. The van der Waals surface area contributed by atoms with E-state index in [9.17, 15) is 4.79 Å². The molecule has 0 saturated carbocycles. The van der Waals surface area contributed by atoms with Gasteiger partial charge in [-0.1, -0.05) is 101 Å². The van der Waals surface area contributed by atoms with Crippen LogP contribution in [0.25, 0.3) is 0 Å². The smallest absolute Gasteiger partial charge is 0.226 e. The summed E-state index contributed by atoms with van der Waals surface area (Å²) < 4.78 is 0. The van der Waals surface area contributed by atoms with E-state index in [4.69, 9.17) is 17.5 Å². The zero-order valence-corrected chi connectivity index (χ0v) is 20.2. The number of nitrogens with one attached hydrogen (secondary N) is 1. The Morgan fingerprint density at radius 1 is 0.935 bits per heavy atom. The van der Waals surface area contributed by atoms with Gasteiger partial charge in [-0.3, -0.25) is 4.79 Å². The molecular weight excluding hydrogens is 402 g/mol. The standard InChI is InChI=1S/C26H41N3OS/c1-2-3-4-5-6-7-8-9-10-11-15-19-25(30)28-26(31)29(22-16-21-27)23-20-24-17-13-12-14-18-24/h12-14,17-18H,2-11,15-16,19-20,22-23H2,1H3,(H,28,30,31). The molecule has 0 saturated heterocycles. The first-order chi connectivity index (χ1) is 15.2. The van der Waals surface area contributed by atoms with E-state index in [0.717, 1.165) is 19.3 Å². The normalized spacial score (nSPS) is 10.5. The molecule has 0 heterocycles. The van der Waals surface area contributed by atoms with E-state index < -0.39 is 0 Å². The number of carbonyl (C=O) groups is 1. The highest BCUT2D eigenvalue weighted by atomic mass is 32.1. The molecular formula is C26H41N3OS. The van der Waals surface area contributed by atoms with Crippen molar-refractivity contribution in [3.05, 3.63) is 35.9 Å². The van der Waals surface area contributed by atoms with Crippen LogP contribution in [0.2, 0.25) is 0 Å². The van der Waals surface area contributed by atoms with Crippen LogP contribution in [0.1, 0.15) is 96.0 Å². The highest BCUT2D eigenvalue weighted by molar-refractivity contribution is 7.80. The van der Waals surface area contributed by atoms with Gasteiger partial charge in [-0.15, -0.1) is 0 Å². The van der Waals surface area contributed by atoms with Crippen LogP contribution in [-0.2, 0) is 11.2 Å². The SMILES string of the molecule is CCCCCCCCCCCCCC(=O)NC(=S)N(CCC#N)CCc1ccccc1. The van der Waals surface area contributed by atoms with Crippen LogP contribution >= 0.6 is 12.2 Å². The van der Waals surface area contributed by atoms with Crippen molar-refractivity contribution >= 4 is 23.2 Å². The average Bonchev–Trinajstić information content (AvgIpc) is 2.78. The van der Waals surface area contributed by atoms with Crippen LogP contribution in [0.3, 0.4) is 0 Å². The first-order valence-electron chi connectivity index (χ1n) is 12.2. The molecule has 172 valence electrons. The summed E-state index contributed by atoms with van der Waals surface area (Å²) >= 11 is 5.45. The molecule has 0 aromatic heterocycles. The first kappa shape index (κ1) is 27.1. The van der Waals surface area contributed by atoms with Gasteiger partial charge in [0, 0.05) is 19.5 Å². The quantitative estimate of drug-likeness (QED) is 0.219. The zero-order chi connectivity index (χ0) is 22.6. The molecule has 4 nitrogen and oxygen atoms in total. The van der Waals surface area contributed by atoms with Crippen LogP contribution in [-0.4, -0.2) is 29.0 Å². The Labute approximate surface area is 195 Å². The summed E-state index contributed by atoms with van der Waals surface area (Å²) in [4.78, 5) is 14.2. The van der Waals surface area contributed by atoms with Crippen LogP contribution in [0.15, 0.2) is 30.3 Å². The maximum absolute atomic E-state index is 12.3. The van der Waals surface area contributed by atoms with Gasteiger partial charge in [0.15, 0.2) is 5.11 Å². The predicted octanol–water partition coefficient (Wildman–Crippen LogP) is 6.55. The predicted molar refractivity (Wildman–Crippen MR) is 134 cm³/mol. The maximum atomic E-state index is 12.3. The van der Waals surface area contributed by atoms with E-state index in [-0.39, 0.29) is 5.91 Å². The van der Waals surface area contributed by atoms with E-state index in [1.807, 2.05) is 23.1 Å². The second-order valence-corrected chi connectivity index (χ2v) is 8.66. The average molecular weight is 444 g/mol. The third-order valence-corrected chi connectivity index (χ3v) is 5.91. The molecule has 0 fully saturated rings. The van der Waals surface area contributed by atoms with Gasteiger partial charge in [-0.2, -0.15) is 5.26 Å². The number of benzene rings is 1. The van der Waals surface area contributed by atoms with E-state index in [0.29, 0.717) is 31.0 Å². The minimum Gasteiger partial charge on any atom is -0.348 e. The van der Waals surface area contributed by atoms with Gasteiger partial charge < -0.3 is 10.2 Å². The molecule has 1 aromatic carbocycles. The lowest BCUT2D eigenvalue weighted by atomic mass is 10.1. The van der Waals surface area contributed by atoms with Crippen molar-refractivity contribution in [3.8, 4) is 6.07 Å².